The predicted molar refractivity (Wildman–Crippen MR) is 110 cm³/mol. The SMILES string of the molecule is CCNC(=NCc1ccc(Oc2ccc(F)cc2)nc1)NC1CCN(CC(F)(F)F)C1. The summed E-state index contributed by atoms with van der Waals surface area (Å²) in [6.45, 7) is 2.73. The van der Waals surface area contributed by atoms with Crippen molar-refractivity contribution < 1.29 is 22.3 Å². The molecule has 1 unspecified atom stereocenters. The number of benzene rings is 1. The second-order valence-electron chi connectivity index (χ2n) is 7.24. The standard InChI is InChI=1S/C21H25F4N5O/c1-2-26-20(29-17-9-10-30(13-17)14-21(23,24)25)28-12-15-3-8-19(27-11-15)31-18-6-4-16(22)5-7-18/h3-8,11,17H,2,9-10,12-14H2,1H3,(H2,26,28,29). The lowest BCUT2D eigenvalue weighted by atomic mass is 10.2. The molecular formula is C21H25F4N5O. The van der Waals surface area contributed by atoms with Crippen molar-refractivity contribution in [2.75, 3.05) is 26.2 Å². The maximum atomic E-state index is 13.0. The molecule has 2 N–H and O–H groups in total. The summed E-state index contributed by atoms with van der Waals surface area (Å²) in [5, 5.41) is 6.32. The number of likely N-dealkylation sites (tertiary alicyclic amines) is 1. The highest BCUT2D eigenvalue weighted by Crippen LogP contribution is 2.21. The molecule has 1 atom stereocenters. The van der Waals surface area contributed by atoms with Crippen LogP contribution in [0.1, 0.15) is 18.9 Å². The van der Waals surface area contributed by atoms with Crippen molar-refractivity contribution in [2.24, 2.45) is 4.99 Å². The van der Waals surface area contributed by atoms with Crippen LogP contribution in [0, 0.1) is 5.82 Å². The number of ether oxygens (including phenoxy) is 1. The van der Waals surface area contributed by atoms with Crippen molar-refractivity contribution in [1.29, 1.82) is 0 Å². The van der Waals surface area contributed by atoms with Gasteiger partial charge in [0.1, 0.15) is 11.6 Å². The first-order valence-electron chi connectivity index (χ1n) is 10.0. The Balaban J connectivity index is 1.53. The molecule has 31 heavy (non-hydrogen) atoms. The number of pyridine rings is 1. The van der Waals surface area contributed by atoms with E-state index in [1.807, 2.05) is 13.0 Å². The average molecular weight is 439 g/mol. The number of nitrogens with zero attached hydrogens (tertiary/aromatic N) is 3. The molecule has 2 aromatic rings. The van der Waals surface area contributed by atoms with Gasteiger partial charge in [-0.1, -0.05) is 6.07 Å². The Hall–Kier alpha value is -2.88. The summed E-state index contributed by atoms with van der Waals surface area (Å²) in [6, 6.07) is 9.07. The first-order chi connectivity index (χ1) is 14.8. The van der Waals surface area contributed by atoms with E-state index in [0.29, 0.717) is 50.2 Å². The molecule has 6 nitrogen and oxygen atoms in total. The summed E-state index contributed by atoms with van der Waals surface area (Å²) in [5.74, 6) is 1.06. The van der Waals surface area contributed by atoms with Gasteiger partial charge in [-0.25, -0.2) is 14.4 Å². The van der Waals surface area contributed by atoms with Crippen molar-refractivity contribution in [1.82, 2.24) is 20.5 Å². The zero-order valence-electron chi connectivity index (χ0n) is 17.1. The third kappa shape index (κ3) is 7.71. The van der Waals surface area contributed by atoms with E-state index in [1.165, 1.54) is 29.2 Å². The molecule has 1 aromatic carbocycles. The highest BCUT2D eigenvalue weighted by atomic mass is 19.4. The van der Waals surface area contributed by atoms with Crippen molar-refractivity contribution in [2.45, 2.75) is 32.1 Å². The maximum Gasteiger partial charge on any atom is 0.401 e. The number of hydrogen-bond acceptors (Lipinski definition) is 4. The van der Waals surface area contributed by atoms with Crippen molar-refractivity contribution >= 4 is 5.96 Å². The molecule has 168 valence electrons. The van der Waals surface area contributed by atoms with E-state index < -0.39 is 12.7 Å². The fourth-order valence-electron chi connectivity index (χ4n) is 3.22. The Morgan fingerprint density at radius 1 is 1.23 bits per heavy atom. The van der Waals surface area contributed by atoms with E-state index >= 15 is 0 Å². The Bertz CT molecular complexity index is 856. The first kappa shape index (κ1) is 22.8. The van der Waals surface area contributed by atoms with Crippen LogP contribution in [-0.4, -0.2) is 54.2 Å². The molecule has 0 aliphatic carbocycles. The van der Waals surface area contributed by atoms with Gasteiger partial charge in [-0.3, -0.25) is 4.90 Å². The third-order valence-corrected chi connectivity index (χ3v) is 4.61. The fraction of sp³-hybridized carbons (Fsp3) is 0.429. The van der Waals surface area contributed by atoms with Gasteiger partial charge in [0.2, 0.25) is 5.88 Å². The fourth-order valence-corrected chi connectivity index (χ4v) is 3.22. The lowest BCUT2D eigenvalue weighted by Crippen LogP contribution is -2.45. The molecule has 0 spiro atoms. The van der Waals surface area contributed by atoms with Crippen LogP contribution in [-0.2, 0) is 6.54 Å². The Morgan fingerprint density at radius 2 is 2.00 bits per heavy atom. The number of guanidine groups is 1. The summed E-state index contributed by atoms with van der Waals surface area (Å²) in [7, 11) is 0. The van der Waals surface area contributed by atoms with Crippen LogP contribution in [0.4, 0.5) is 17.6 Å². The van der Waals surface area contributed by atoms with Gasteiger partial charge in [0, 0.05) is 37.9 Å². The average Bonchev–Trinajstić information content (AvgIpc) is 3.14. The lowest BCUT2D eigenvalue weighted by Gasteiger charge is -2.19. The summed E-state index contributed by atoms with van der Waals surface area (Å²) in [4.78, 5) is 10.1. The summed E-state index contributed by atoms with van der Waals surface area (Å²) < 4.78 is 56.2. The van der Waals surface area contributed by atoms with Gasteiger partial charge in [0.15, 0.2) is 5.96 Å². The van der Waals surface area contributed by atoms with Gasteiger partial charge in [-0.15, -0.1) is 0 Å². The van der Waals surface area contributed by atoms with Gasteiger partial charge >= 0.3 is 6.18 Å². The van der Waals surface area contributed by atoms with E-state index in [4.69, 9.17) is 4.74 Å². The topological polar surface area (TPSA) is 61.8 Å². The number of hydrogen-bond donors (Lipinski definition) is 2. The van der Waals surface area contributed by atoms with Crippen LogP contribution in [0.15, 0.2) is 47.6 Å². The lowest BCUT2D eigenvalue weighted by molar-refractivity contribution is -0.143. The zero-order valence-corrected chi connectivity index (χ0v) is 17.1. The summed E-state index contributed by atoms with van der Waals surface area (Å²) >= 11 is 0. The highest BCUT2D eigenvalue weighted by molar-refractivity contribution is 5.80. The molecule has 0 saturated carbocycles. The van der Waals surface area contributed by atoms with E-state index in [2.05, 4.69) is 20.6 Å². The van der Waals surface area contributed by atoms with Gasteiger partial charge < -0.3 is 15.4 Å². The Kier molecular flexibility index (Phi) is 7.67. The number of nitrogens with one attached hydrogen (secondary N) is 2. The molecule has 0 bridgehead atoms. The van der Waals surface area contributed by atoms with Crippen LogP contribution in [0.3, 0.4) is 0 Å². The summed E-state index contributed by atoms with van der Waals surface area (Å²) in [6.07, 6.45) is -1.93. The smallest absolute Gasteiger partial charge is 0.401 e. The van der Waals surface area contributed by atoms with Gasteiger partial charge in [-0.05, 0) is 43.2 Å². The van der Waals surface area contributed by atoms with Crippen LogP contribution >= 0.6 is 0 Å². The molecular weight excluding hydrogens is 414 g/mol. The van der Waals surface area contributed by atoms with E-state index in [0.717, 1.165) is 5.56 Å². The molecule has 1 fully saturated rings. The van der Waals surface area contributed by atoms with Crippen molar-refractivity contribution in [3.05, 3.63) is 54.0 Å². The number of rotatable bonds is 7. The molecule has 1 aliphatic rings. The number of alkyl halides is 3. The molecule has 1 aromatic heterocycles. The van der Waals surface area contributed by atoms with E-state index in [9.17, 15) is 17.6 Å². The first-order valence-corrected chi connectivity index (χ1v) is 10.0. The molecule has 10 heteroatoms. The van der Waals surface area contributed by atoms with Crippen LogP contribution in [0.2, 0.25) is 0 Å². The quantitative estimate of drug-likeness (QED) is 0.391. The van der Waals surface area contributed by atoms with Crippen molar-refractivity contribution in [3.63, 3.8) is 0 Å². The molecule has 0 amide bonds. The van der Waals surface area contributed by atoms with E-state index in [-0.39, 0.29) is 11.9 Å². The minimum atomic E-state index is -4.19. The summed E-state index contributed by atoms with van der Waals surface area (Å²) in [5.41, 5.74) is 0.841. The largest absolute Gasteiger partial charge is 0.439 e. The second-order valence-corrected chi connectivity index (χ2v) is 7.24. The van der Waals surface area contributed by atoms with Crippen molar-refractivity contribution in [3.8, 4) is 11.6 Å². The van der Waals surface area contributed by atoms with Crippen LogP contribution in [0.25, 0.3) is 0 Å². The molecule has 2 heterocycles. The zero-order chi connectivity index (χ0) is 22.3. The highest BCUT2D eigenvalue weighted by Gasteiger charge is 2.34. The van der Waals surface area contributed by atoms with Gasteiger partial charge in [0.25, 0.3) is 0 Å². The maximum absolute atomic E-state index is 13.0. The van der Waals surface area contributed by atoms with Crippen LogP contribution in [0.5, 0.6) is 11.6 Å². The van der Waals surface area contributed by atoms with Crippen LogP contribution < -0.4 is 15.4 Å². The second kappa shape index (κ2) is 10.4. The van der Waals surface area contributed by atoms with Gasteiger partial charge in [-0.2, -0.15) is 13.2 Å². The monoisotopic (exact) mass is 439 g/mol. The normalized spacial score (nSPS) is 17.6. The predicted octanol–water partition coefficient (Wildman–Crippen LogP) is 3.70. The molecule has 0 radical (unpaired) electrons. The molecule has 3 rings (SSSR count). The number of halogens is 4. The van der Waals surface area contributed by atoms with E-state index in [1.54, 1.807) is 12.3 Å². The Labute approximate surface area is 178 Å². The Morgan fingerprint density at radius 3 is 2.65 bits per heavy atom. The third-order valence-electron chi connectivity index (χ3n) is 4.61. The molecule has 1 aliphatic heterocycles. The minimum Gasteiger partial charge on any atom is -0.439 e. The number of aromatic nitrogens is 1. The minimum absolute atomic E-state index is 0.0928. The molecule has 1 saturated heterocycles. The van der Waals surface area contributed by atoms with Gasteiger partial charge in [0.05, 0.1) is 13.1 Å². The number of aliphatic imine (C=N–C) groups is 1.